The van der Waals surface area contributed by atoms with Crippen LogP contribution >= 0.6 is 27.5 Å². The van der Waals surface area contributed by atoms with Gasteiger partial charge in [0.05, 0.1) is 23.8 Å². The zero-order valence-electron chi connectivity index (χ0n) is 11.3. The highest BCUT2D eigenvalue weighted by atomic mass is 79.9. The summed E-state index contributed by atoms with van der Waals surface area (Å²) in [5.74, 6) is 0.346. The van der Waals surface area contributed by atoms with Gasteiger partial charge < -0.3 is 15.4 Å². The van der Waals surface area contributed by atoms with Crippen LogP contribution in [0, 0.1) is 0 Å². The summed E-state index contributed by atoms with van der Waals surface area (Å²) in [4.78, 5) is 12.0. The van der Waals surface area contributed by atoms with Crippen LogP contribution in [0.4, 0.5) is 11.4 Å². The highest BCUT2D eigenvalue weighted by Gasteiger charge is 2.12. The van der Waals surface area contributed by atoms with Gasteiger partial charge in [0.1, 0.15) is 0 Å². The Kier molecular flexibility index (Phi) is 5.47. The maximum absolute atomic E-state index is 12.0. The molecule has 0 saturated heterocycles. The van der Waals surface area contributed by atoms with Crippen molar-refractivity contribution in [1.82, 2.24) is 0 Å². The Hall–Kier alpha value is -1.72. The van der Waals surface area contributed by atoms with Gasteiger partial charge in [0, 0.05) is 10.7 Å². The minimum absolute atomic E-state index is 0.150. The second-order valence-corrected chi connectivity index (χ2v) is 5.53. The number of carbonyl (C=O) groups excluding carboxylic acids is 1. The van der Waals surface area contributed by atoms with Crippen molar-refractivity contribution in [2.75, 3.05) is 24.3 Å². The van der Waals surface area contributed by atoms with E-state index in [2.05, 4.69) is 26.6 Å². The molecular weight excluding hydrogens is 356 g/mol. The van der Waals surface area contributed by atoms with Crippen molar-refractivity contribution < 1.29 is 9.53 Å². The Bertz CT molecular complexity index is 635. The van der Waals surface area contributed by atoms with E-state index in [1.165, 1.54) is 7.11 Å². The summed E-state index contributed by atoms with van der Waals surface area (Å²) in [7, 11) is 1.53. The van der Waals surface area contributed by atoms with E-state index in [4.69, 9.17) is 16.3 Å². The predicted octanol–water partition coefficient (Wildman–Crippen LogP) is 4.16. The maximum Gasteiger partial charge on any atom is 0.243 e. The molecule has 110 valence electrons. The fourth-order valence-electron chi connectivity index (χ4n) is 1.79. The number of benzene rings is 2. The molecular formula is C15H14BrClN2O2. The highest BCUT2D eigenvalue weighted by Crippen LogP contribution is 2.36. The number of carbonyl (C=O) groups is 1. The molecule has 21 heavy (non-hydrogen) atoms. The first-order valence-corrected chi connectivity index (χ1v) is 7.39. The largest absolute Gasteiger partial charge is 0.493 e. The van der Waals surface area contributed by atoms with Crippen molar-refractivity contribution in [3.05, 3.63) is 52.0 Å². The van der Waals surface area contributed by atoms with E-state index in [0.717, 1.165) is 5.69 Å². The topological polar surface area (TPSA) is 50.4 Å². The Labute approximate surface area is 136 Å². The number of methoxy groups -OCH3 is 1. The molecule has 0 saturated carbocycles. The number of hydrogen-bond acceptors (Lipinski definition) is 3. The van der Waals surface area contributed by atoms with Gasteiger partial charge in [-0.2, -0.15) is 0 Å². The van der Waals surface area contributed by atoms with Gasteiger partial charge in [-0.1, -0.05) is 29.8 Å². The number of hydrogen-bond donors (Lipinski definition) is 2. The van der Waals surface area contributed by atoms with Gasteiger partial charge >= 0.3 is 0 Å². The lowest BCUT2D eigenvalue weighted by Crippen LogP contribution is -2.22. The lowest BCUT2D eigenvalue weighted by Gasteiger charge is -2.13. The normalized spacial score (nSPS) is 10.0. The molecule has 0 aromatic heterocycles. The summed E-state index contributed by atoms with van der Waals surface area (Å²) >= 11 is 9.33. The summed E-state index contributed by atoms with van der Waals surface area (Å²) in [5, 5.41) is 6.31. The molecule has 0 aliphatic carbocycles. The SMILES string of the molecule is COc1c(Br)cc(Cl)cc1NC(=O)CNc1ccccc1. The fraction of sp³-hybridized carbons (Fsp3) is 0.133. The van der Waals surface area contributed by atoms with Crippen LogP contribution < -0.4 is 15.4 Å². The molecule has 4 nitrogen and oxygen atoms in total. The molecule has 6 heteroatoms. The number of halogens is 2. The Morgan fingerprint density at radius 3 is 2.67 bits per heavy atom. The summed E-state index contributed by atoms with van der Waals surface area (Å²) in [6, 6.07) is 12.9. The van der Waals surface area contributed by atoms with Crippen molar-refractivity contribution in [1.29, 1.82) is 0 Å². The van der Waals surface area contributed by atoms with Crippen LogP contribution in [-0.4, -0.2) is 19.6 Å². The molecule has 0 fully saturated rings. The van der Waals surface area contributed by atoms with Crippen LogP contribution in [0.2, 0.25) is 5.02 Å². The molecule has 0 heterocycles. The first-order valence-electron chi connectivity index (χ1n) is 6.22. The van der Waals surface area contributed by atoms with Crippen LogP contribution in [0.5, 0.6) is 5.75 Å². The van der Waals surface area contributed by atoms with Gasteiger partial charge in [0.15, 0.2) is 5.75 Å². The smallest absolute Gasteiger partial charge is 0.243 e. The van der Waals surface area contributed by atoms with E-state index in [0.29, 0.717) is 20.9 Å². The second kappa shape index (κ2) is 7.33. The van der Waals surface area contributed by atoms with E-state index in [1.807, 2.05) is 30.3 Å². The predicted molar refractivity (Wildman–Crippen MR) is 89.3 cm³/mol. The van der Waals surface area contributed by atoms with Crippen molar-refractivity contribution in [2.45, 2.75) is 0 Å². The molecule has 2 aromatic carbocycles. The number of anilines is 2. The molecule has 0 aliphatic heterocycles. The van der Waals surface area contributed by atoms with Crippen molar-refractivity contribution in [3.63, 3.8) is 0 Å². The molecule has 0 spiro atoms. The number of ether oxygens (including phenoxy) is 1. The van der Waals surface area contributed by atoms with Crippen molar-refractivity contribution >= 4 is 44.8 Å². The molecule has 0 unspecified atom stereocenters. The lowest BCUT2D eigenvalue weighted by molar-refractivity contribution is -0.114. The van der Waals surface area contributed by atoms with E-state index in [-0.39, 0.29) is 12.5 Å². The van der Waals surface area contributed by atoms with E-state index >= 15 is 0 Å². The van der Waals surface area contributed by atoms with Gasteiger partial charge in [0.25, 0.3) is 0 Å². The lowest BCUT2D eigenvalue weighted by atomic mass is 10.3. The van der Waals surface area contributed by atoms with E-state index in [9.17, 15) is 4.79 Å². The molecule has 0 bridgehead atoms. The molecule has 0 radical (unpaired) electrons. The number of amides is 1. The molecule has 2 N–H and O–H groups in total. The third kappa shape index (κ3) is 4.37. The summed E-state index contributed by atoms with van der Waals surface area (Å²) in [6.45, 7) is 0.150. The highest BCUT2D eigenvalue weighted by molar-refractivity contribution is 9.10. The molecule has 0 aliphatic rings. The molecule has 1 amide bonds. The standard InChI is InChI=1S/C15H14BrClN2O2/c1-21-15-12(16)7-10(17)8-13(15)19-14(20)9-18-11-5-3-2-4-6-11/h2-8,18H,9H2,1H3,(H,19,20). The maximum atomic E-state index is 12.0. The van der Waals surface area contributed by atoms with Crippen LogP contribution in [0.3, 0.4) is 0 Å². The monoisotopic (exact) mass is 368 g/mol. The third-order valence-corrected chi connectivity index (χ3v) is 3.52. The van der Waals surface area contributed by atoms with Crippen LogP contribution in [0.15, 0.2) is 46.9 Å². The van der Waals surface area contributed by atoms with Gasteiger partial charge in [-0.25, -0.2) is 0 Å². The van der Waals surface area contributed by atoms with Crippen LogP contribution in [0.1, 0.15) is 0 Å². The van der Waals surface area contributed by atoms with Crippen LogP contribution in [0.25, 0.3) is 0 Å². The summed E-state index contributed by atoms with van der Waals surface area (Å²) in [6.07, 6.45) is 0. The minimum Gasteiger partial charge on any atom is -0.493 e. The molecule has 2 rings (SSSR count). The number of rotatable bonds is 5. The summed E-state index contributed by atoms with van der Waals surface area (Å²) in [5.41, 5.74) is 1.41. The van der Waals surface area contributed by atoms with Gasteiger partial charge in [-0.05, 0) is 40.2 Å². The number of nitrogens with one attached hydrogen (secondary N) is 2. The first kappa shape index (κ1) is 15.7. The zero-order valence-corrected chi connectivity index (χ0v) is 13.7. The Morgan fingerprint density at radius 2 is 2.00 bits per heavy atom. The van der Waals surface area contributed by atoms with Gasteiger partial charge in [0.2, 0.25) is 5.91 Å². The second-order valence-electron chi connectivity index (χ2n) is 4.24. The average Bonchev–Trinajstić information content (AvgIpc) is 2.46. The third-order valence-electron chi connectivity index (χ3n) is 2.71. The summed E-state index contributed by atoms with van der Waals surface area (Å²) < 4.78 is 5.94. The average molecular weight is 370 g/mol. The van der Waals surface area contributed by atoms with Gasteiger partial charge in [-0.3, -0.25) is 4.79 Å². The molecule has 2 aromatic rings. The Balaban J connectivity index is 2.03. The zero-order chi connectivity index (χ0) is 15.2. The fourth-order valence-corrected chi connectivity index (χ4v) is 2.77. The van der Waals surface area contributed by atoms with Crippen molar-refractivity contribution in [2.24, 2.45) is 0 Å². The van der Waals surface area contributed by atoms with Crippen molar-refractivity contribution in [3.8, 4) is 5.75 Å². The van der Waals surface area contributed by atoms with Crippen LogP contribution in [-0.2, 0) is 4.79 Å². The van der Waals surface area contributed by atoms with E-state index in [1.54, 1.807) is 12.1 Å². The molecule has 0 atom stereocenters. The van der Waals surface area contributed by atoms with Gasteiger partial charge in [-0.15, -0.1) is 0 Å². The first-order chi connectivity index (χ1) is 10.1. The minimum atomic E-state index is -0.189. The quantitative estimate of drug-likeness (QED) is 0.832. The Morgan fingerprint density at radius 1 is 1.29 bits per heavy atom. The number of para-hydroxylation sites is 1. The van der Waals surface area contributed by atoms with E-state index < -0.39 is 0 Å².